The number of hydrogen-bond acceptors (Lipinski definition) is 2. The van der Waals surface area contributed by atoms with Crippen LogP contribution in [0.5, 0.6) is 0 Å². The summed E-state index contributed by atoms with van der Waals surface area (Å²) in [4.78, 5) is 2.63. The first kappa shape index (κ1) is 12.2. The molecular formula is C16H24N2. The Balaban J connectivity index is 1.66. The first-order valence-corrected chi connectivity index (χ1v) is 7.21. The predicted octanol–water partition coefficient (Wildman–Crippen LogP) is 2.79. The van der Waals surface area contributed by atoms with Gasteiger partial charge in [0.05, 0.1) is 0 Å². The van der Waals surface area contributed by atoms with Gasteiger partial charge in [-0.2, -0.15) is 0 Å². The quantitative estimate of drug-likeness (QED) is 0.876. The SMILES string of the molecule is CC1(C)C(NC2CC2)CCN1Cc1ccccc1. The maximum absolute atomic E-state index is 3.82. The van der Waals surface area contributed by atoms with E-state index < -0.39 is 0 Å². The maximum atomic E-state index is 3.82. The summed E-state index contributed by atoms with van der Waals surface area (Å²) in [7, 11) is 0. The van der Waals surface area contributed by atoms with Crippen molar-refractivity contribution < 1.29 is 0 Å². The molecule has 1 unspecified atom stereocenters. The van der Waals surface area contributed by atoms with Gasteiger partial charge in [-0.25, -0.2) is 0 Å². The number of likely N-dealkylation sites (tertiary alicyclic amines) is 1. The van der Waals surface area contributed by atoms with Gasteiger partial charge < -0.3 is 5.32 Å². The van der Waals surface area contributed by atoms with E-state index in [1.807, 2.05) is 0 Å². The smallest absolute Gasteiger partial charge is 0.0310 e. The van der Waals surface area contributed by atoms with Gasteiger partial charge in [0, 0.05) is 30.7 Å². The number of nitrogens with one attached hydrogen (secondary N) is 1. The highest BCUT2D eigenvalue weighted by atomic mass is 15.3. The molecule has 98 valence electrons. The molecule has 1 atom stereocenters. The zero-order valence-electron chi connectivity index (χ0n) is 11.5. The second kappa shape index (κ2) is 4.67. The molecule has 2 heteroatoms. The Morgan fingerprint density at radius 1 is 1.17 bits per heavy atom. The Labute approximate surface area is 110 Å². The van der Waals surface area contributed by atoms with Crippen LogP contribution in [0.1, 0.15) is 38.7 Å². The summed E-state index contributed by atoms with van der Waals surface area (Å²) in [6.07, 6.45) is 4.05. The van der Waals surface area contributed by atoms with Crippen LogP contribution in [0.25, 0.3) is 0 Å². The van der Waals surface area contributed by atoms with Crippen LogP contribution < -0.4 is 5.32 Å². The lowest BCUT2D eigenvalue weighted by atomic mass is 9.95. The van der Waals surface area contributed by atoms with Gasteiger partial charge in [0.2, 0.25) is 0 Å². The predicted molar refractivity (Wildman–Crippen MR) is 75.5 cm³/mol. The standard InChI is InChI=1S/C16H24N2/c1-16(2)15(17-14-8-9-14)10-11-18(16)12-13-6-4-3-5-7-13/h3-7,14-15,17H,8-12H2,1-2H3. The molecule has 1 saturated carbocycles. The third-order valence-electron chi connectivity index (χ3n) is 4.59. The largest absolute Gasteiger partial charge is 0.309 e. The van der Waals surface area contributed by atoms with Gasteiger partial charge in [0.15, 0.2) is 0 Å². The molecular weight excluding hydrogens is 220 g/mol. The maximum Gasteiger partial charge on any atom is 0.0310 e. The van der Waals surface area contributed by atoms with Crippen molar-refractivity contribution in [1.82, 2.24) is 10.2 Å². The summed E-state index contributed by atoms with van der Waals surface area (Å²) in [5.41, 5.74) is 1.70. The van der Waals surface area contributed by atoms with E-state index in [1.54, 1.807) is 0 Å². The minimum Gasteiger partial charge on any atom is -0.309 e. The molecule has 0 radical (unpaired) electrons. The zero-order valence-corrected chi connectivity index (χ0v) is 11.5. The summed E-state index contributed by atoms with van der Waals surface area (Å²) < 4.78 is 0. The Morgan fingerprint density at radius 3 is 2.56 bits per heavy atom. The number of benzene rings is 1. The number of hydrogen-bond donors (Lipinski definition) is 1. The van der Waals surface area contributed by atoms with Gasteiger partial charge in [-0.1, -0.05) is 30.3 Å². The zero-order chi connectivity index (χ0) is 12.6. The van der Waals surface area contributed by atoms with Crippen LogP contribution in [-0.2, 0) is 6.54 Å². The summed E-state index contributed by atoms with van der Waals surface area (Å²) in [6, 6.07) is 12.3. The Kier molecular flexibility index (Phi) is 3.16. The second-order valence-corrected chi connectivity index (χ2v) is 6.34. The average Bonchev–Trinajstić information content (AvgIpc) is 3.13. The highest BCUT2D eigenvalue weighted by Gasteiger charge is 2.42. The summed E-state index contributed by atoms with van der Waals surface area (Å²) in [5.74, 6) is 0. The van der Waals surface area contributed by atoms with Crippen LogP contribution in [0, 0.1) is 0 Å². The van der Waals surface area contributed by atoms with Crippen molar-refractivity contribution in [2.24, 2.45) is 0 Å². The number of rotatable bonds is 4. The fraction of sp³-hybridized carbons (Fsp3) is 0.625. The van der Waals surface area contributed by atoms with Crippen molar-refractivity contribution in [3.63, 3.8) is 0 Å². The van der Waals surface area contributed by atoms with Crippen molar-refractivity contribution in [3.05, 3.63) is 35.9 Å². The summed E-state index contributed by atoms with van der Waals surface area (Å²) in [6.45, 7) is 7.08. The van der Waals surface area contributed by atoms with Crippen molar-refractivity contribution >= 4 is 0 Å². The van der Waals surface area contributed by atoms with Crippen LogP contribution in [0.2, 0.25) is 0 Å². The van der Waals surface area contributed by atoms with E-state index >= 15 is 0 Å². The van der Waals surface area contributed by atoms with Crippen molar-refractivity contribution in [1.29, 1.82) is 0 Å². The highest BCUT2D eigenvalue weighted by molar-refractivity contribution is 5.16. The van der Waals surface area contributed by atoms with E-state index in [0.717, 1.165) is 12.6 Å². The normalized spacial score (nSPS) is 27.6. The van der Waals surface area contributed by atoms with Crippen molar-refractivity contribution in [2.75, 3.05) is 6.54 Å². The Morgan fingerprint density at radius 2 is 1.89 bits per heavy atom. The van der Waals surface area contributed by atoms with Crippen molar-refractivity contribution in [2.45, 2.75) is 57.3 Å². The van der Waals surface area contributed by atoms with E-state index in [9.17, 15) is 0 Å². The molecule has 2 nitrogen and oxygen atoms in total. The fourth-order valence-corrected chi connectivity index (χ4v) is 3.06. The third kappa shape index (κ3) is 2.45. The van der Waals surface area contributed by atoms with Crippen LogP contribution in [0.15, 0.2) is 30.3 Å². The Hall–Kier alpha value is -0.860. The fourth-order valence-electron chi connectivity index (χ4n) is 3.06. The van der Waals surface area contributed by atoms with E-state index in [2.05, 4.69) is 54.4 Å². The van der Waals surface area contributed by atoms with Crippen LogP contribution in [-0.4, -0.2) is 29.1 Å². The first-order chi connectivity index (χ1) is 8.66. The minimum atomic E-state index is 0.276. The van der Waals surface area contributed by atoms with Gasteiger partial charge in [-0.05, 0) is 38.7 Å². The van der Waals surface area contributed by atoms with E-state index in [4.69, 9.17) is 0 Å². The Bertz CT molecular complexity index is 395. The van der Waals surface area contributed by atoms with Crippen LogP contribution in [0.3, 0.4) is 0 Å². The molecule has 2 aliphatic rings. The van der Waals surface area contributed by atoms with Gasteiger partial charge in [0.1, 0.15) is 0 Å². The van der Waals surface area contributed by atoms with E-state index in [1.165, 1.54) is 31.4 Å². The van der Waals surface area contributed by atoms with Gasteiger partial charge >= 0.3 is 0 Å². The lowest BCUT2D eigenvalue weighted by Crippen LogP contribution is -2.51. The van der Waals surface area contributed by atoms with Crippen molar-refractivity contribution in [3.8, 4) is 0 Å². The van der Waals surface area contributed by atoms with Gasteiger partial charge in [0.25, 0.3) is 0 Å². The molecule has 0 spiro atoms. The first-order valence-electron chi connectivity index (χ1n) is 7.21. The lowest BCUT2D eigenvalue weighted by Gasteiger charge is -2.36. The van der Waals surface area contributed by atoms with Crippen LogP contribution >= 0.6 is 0 Å². The van der Waals surface area contributed by atoms with Gasteiger partial charge in [-0.15, -0.1) is 0 Å². The second-order valence-electron chi connectivity index (χ2n) is 6.34. The molecule has 0 amide bonds. The molecule has 18 heavy (non-hydrogen) atoms. The molecule has 0 aromatic heterocycles. The molecule has 1 N–H and O–H groups in total. The van der Waals surface area contributed by atoms with E-state index in [0.29, 0.717) is 6.04 Å². The summed E-state index contributed by atoms with van der Waals surface area (Å²) >= 11 is 0. The monoisotopic (exact) mass is 244 g/mol. The summed E-state index contributed by atoms with van der Waals surface area (Å²) in [5, 5.41) is 3.82. The molecule has 3 rings (SSSR count). The highest BCUT2D eigenvalue weighted by Crippen LogP contribution is 2.33. The molecule has 1 saturated heterocycles. The lowest BCUT2D eigenvalue weighted by molar-refractivity contribution is 0.142. The molecule has 1 aromatic rings. The topological polar surface area (TPSA) is 15.3 Å². The molecule has 1 aromatic carbocycles. The van der Waals surface area contributed by atoms with Gasteiger partial charge in [-0.3, -0.25) is 4.90 Å². The van der Waals surface area contributed by atoms with E-state index in [-0.39, 0.29) is 5.54 Å². The molecule has 1 aliphatic carbocycles. The molecule has 1 heterocycles. The van der Waals surface area contributed by atoms with Crippen LogP contribution in [0.4, 0.5) is 0 Å². The molecule has 0 bridgehead atoms. The number of nitrogens with zero attached hydrogens (tertiary/aromatic N) is 1. The molecule has 1 aliphatic heterocycles. The minimum absolute atomic E-state index is 0.276. The average molecular weight is 244 g/mol. The molecule has 2 fully saturated rings. The third-order valence-corrected chi connectivity index (χ3v) is 4.59.